The molecule has 26 heavy (non-hydrogen) atoms. The lowest BCUT2D eigenvalue weighted by Crippen LogP contribution is -2.13. The minimum absolute atomic E-state index is 0.173. The summed E-state index contributed by atoms with van der Waals surface area (Å²) in [5, 5.41) is 7.07. The number of hydrogen-bond acceptors (Lipinski definition) is 4. The molecule has 0 bridgehead atoms. The molecule has 0 aliphatic heterocycles. The number of carbonyl (C=O) groups excluding carboxylic acids is 1. The van der Waals surface area contributed by atoms with Crippen molar-refractivity contribution in [3.05, 3.63) is 71.9 Å². The van der Waals surface area contributed by atoms with E-state index in [-0.39, 0.29) is 18.1 Å². The number of aromatic nitrogens is 3. The number of carbonyl (C=O) groups is 1. The Bertz CT molecular complexity index is 880. The highest BCUT2D eigenvalue weighted by Gasteiger charge is 2.08. The number of rotatable bonds is 7. The highest BCUT2D eigenvalue weighted by Crippen LogP contribution is 2.18. The lowest BCUT2D eigenvalue weighted by molar-refractivity contribution is -0.116. The fourth-order valence-corrected chi connectivity index (χ4v) is 2.52. The van der Waals surface area contributed by atoms with Crippen LogP contribution in [0.15, 0.2) is 55.0 Å². The maximum Gasteiger partial charge on any atom is 0.225 e. The van der Waals surface area contributed by atoms with E-state index in [4.69, 9.17) is 4.74 Å². The van der Waals surface area contributed by atoms with Crippen LogP contribution >= 0.6 is 0 Å². The molecule has 0 fully saturated rings. The van der Waals surface area contributed by atoms with Crippen LogP contribution in [0.4, 0.5) is 10.2 Å². The van der Waals surface area contributed by atoms with Crippen LogP contribution in [0.5, 0.6) is 5.75 Å². The smallest absolute Gasteiger partial charge is 0.225 e. The third kappa shape index (κ3) is 4.66. The maximum atomic E-state index is 13.7. The molecule has 0 radical (unpaired) electrons. The van der Waals surface area contributed by atoms with Crippen molar-refractivity contribution in [2.75, 3.05) is 12.4 Å². The molecule has 0 saturated carbocycles. The molecule has 134 valence electrons. The fourth-order valence-electron chi connectivity index (χ4n) is 2.52. The van der Waals surface area contributed by atoms with Crippen LogP contribution in [0.2, 0.25) is 0 Å². The van der Waals surface area contributed by atoms with Gasteiger partial charge in [0.05, 0.1) is 13.7 Å². The van der Waals surface area contributed by atoms with Gasteiger partial charge in [-0.1, -0.05) is 12.1 Å². The molecule has 3 aromatic rings. The van der Waals surface area contributed by atoms with Gasteiger partial charge in [-0.25, -0.2) is 4.39 Å². The number of amides is 1. The Kier molecular flexibility index (Phi) is 5.58. The standard InChI is InChI=1S/C19H19FN4O2/c1-26-17-6-4-14(11-16(17)20)5-7-19(25)22-18-8-10-24(23-18)13-15-3-2-9-21-12-15/h2-4,6,8-12H,5,7,13H2,1H3,(H,22,23,25). The van der Waals surface area contributed by atoms with Gasteiger partial charge in [-0.15, -0.1) is 0 Å². The average molecular weight is 354 g/mol. The van der Waals surface area contributed by atoms with E-state index in [9.17, 15) is 9.18 Å². The van der Waals surface area contributed by atoms with Gasteiger partial charge < -0.3 is 10.1 Å². The predicted molar refractivity (Wildman–Crippen MR) is 95.5 cm³/mol. The topological polar surface area (TPSA) is 69.0 Å². The number of benzene rings is 1. The number of nitrogens with zero attached hydrogens (tertiary/aromatic N) is 3. The number of ether oxygens (including phenoxy) is 1. The van der Waals surface area contributed by atoms with Crippen molar-refractivity contribution >= 4 is 11.7 Å². The van der Waals surface area contributed by atoms with Gasteiger partial charge >= 0.3 is 0 Å². The number of nitrogens with one attached hydrogen (secondary N) is 1. The normalized spacial score (nSPS) is 10.5. The molecule has 0 unspecified atom stereocenters. The Labute approximate surface area is 150 Å². The van der Waals surface area contributed by atoms with Gasteiger partial charge in [0.1, 0.15) is 0 Å². The summed E-state index contributed by atoms with van der Waals surface area (Å²) in [4.78, 5) is 16.1. The van der Waals surface area contributed by atoms with Gasteiger partial charge in [0.15, 0.2) is 17.4 Å². The quantitative estimate of drug-likeness (QED) is 0.708. The minimum Gasteiger partial charge on any atom is -0.494 e. The Balaban J connectivity index is 1.51. The van der Waals surface area contributed by atoms with Gasteiger partial charge in [-0.2, -0.15) is 5.10 Å². The minimum atomic E-state index is -0.431. The van der Waals surface area contributed by atoms with E-state index in [1.807, 2.05) is 12.1 Å². The zero-order chi connectivity index (χ0) is 18.4. The molecule has 2 heterocycles. The van der Waals surface area contributed by atoms with Crippen molar-refractivity contribution in [3.63, 3.8) is 0 Å². The first-order chi connectivity index (χ1) is 12.6. The summed E-state index contributed by atoms with van der Waals surface area (Å²) in [6.45, 7) is 0.578. The van der Waals surface area contributed by atoms with E-state index >= 15 is 0 Å². The molecule has 0 spiro atoms. The van der Waals surface area contributed by atoms with Crippen molar-refractivity contribution < 1.29 is 13.9 Å². The zero-order valence-electron chi connectivity index (χ0n) is 14.4. The lowest BCUT2D eigenvalue weighted by Gasteiger charge is -2.05. The Hall–Kier alpha value is -3.22. The molecule has 1 amide bonds. The van der Waals surface area contributed by atoms with Crippen molar-refractivity contribution in [1.29, 1.82) is 0 Å². The highest BCUT2D eigenvalue weighted by molar-refractivity contribution is 5.89. The van der Waals surface area contributed by atoms with Gasteiger partial charge in [0, 0.05) is 31.1 Å². The van der Waals surface area contributed by atoms with Crippen LogP contribution in [-0.4, -0.2) is 27.8 Å². The van der Waals surface area contributed by atoms with E-state index in [1.165, 1.54) is 13.2 Å². The van der Waals surface area contributed by atoms with Crippen molar-refractivity contribution in [3.8, 4) is 5.75 Å². The number of methoxy groups -OCH3 is 1. The number of anilines is 1. The maximum absolute atomic E-state index is 13.7. The SMILES string of the molecule is COc1ccc(CCC(=O)Nc2ccn(Cc3cccnc3)n2)cc1F. The van der Waals surface area contributed by atoms with Crippen molar-refractivity contribution in [2.24, 2.45) is 0 Å². The number of pyridine rings is 1. The molecule has 0 aliphatic rings. The first kappa shape index (κ1) is 17.6. The van der Waals surface area contributed by atoms with E-state index in [0.29, 0.717) is 18.8 Å². The average Bonchev–Trinajstić information content (AvgIpc) is 3.07. The summed E-state index contributed by atoms with van der Waals surface area (Å²) in [7, 11) is 1.42. The monoisotopic (exact) mass is 354 g/mol. The second kappa shape index (κ2) is 8.24. The molecule has 1 aromatic carbocycles. The van der Waals surface area contributed by atoms with Gasteiger partial charge in [0.25, 0.3) is 0 Å². The first-order valence-electron chi connectivity index (χ1n) is 8.18. The van der Waals surface area contributed by atoms with Gasteiger partial charge in [0.2, 0.25) is 5.91 Å². The third-order valence-corrected chi connectivity index (χ3v) is 3.83. The molecule has 2 aromatic heterocycles. The molecule has 0 atom stereocenters. The van der Waals surface area contributed by atoms with E-state index < -0.39 is 5.82 Å². The summed E-state index contributed by atoms with van der Waals surface area (Å²) in [5.74, 6) is 0.0737. The van der Waals surface area contributed by atoms with E-state index in [0.717, 1.165) is 11.1 Å². The Morgan fingerprint density at radius 3 is 2.88 bits per heavy atom. The van der Waals surface area contributed by atoms with Gasteiger partial charge in [-0.05, 0) is 35.7 Å². The largest absolute Gasteiger partial charge is 0.494 e. The summed E-state index contributed by atoms with van der Waals surface area (Å²) >= 11 is 0. The molecule has 1 N–H and O–H groups in total. The molecular weight excluding hydrogens is 335 g/mol. The van der Waals surface area contributed by atoms with Crippen molar-refractivity contribution in [2.45, 2.75) is 19.4 Å². The predicted octanol–water partition coefficient (Wildman–Crippen LogP) is 3.05. The van der Waals surface area contributed by atoms with Crippen LogP contribution in [-0.2, 0) is 17.8 Å². The molecular formula is C19H19FN4O2. The summed E-state index contributed by atoms with van der Waals surface area (Å²) in [5.41, 5.74) is 1.76. The van der Waals surface area contributed by atoms with Crippen LogP contribution in [0.1, 0.15) is 17.5 Å². The van der Waals surface area contributed by atoms with Crippen LogP contribution in [0, 0.1) is 5.82 Å². The summed E-state index contributed by atoms with van der Waals surface area (Å²) in [6, 6.07) is 10.3. The first-order valence-corrected chi connectivity index (χ1v) is 8.18. The third-order valence-electron chi connectivity index (χ3n) is 3.83. The Morgan fingerprint density at radius 1 is 1.27 bits per heavy atom. The molecule has 6 nitrogen and oxygen atoms in total. The molecule has 0 aliphatic carbocycles. The van der Waals surface area contributed by atoms with Gasteiger partial charge in [-0.3, -0.25) is 14.5 Å². The second-order valence-corrected chi connectivity index (χ2v) is 5.78. The number of aryl methyl sites for hydroxylation is 1. The zero-order valence-corrected chi connectivity index (χ0v) is 14.4. The van der Waals surface area contributed by atoms with Crippen LogP contribution < -0.4 is 10.1 Å². The lowest BCUT2D eigenvalue weighted by atomic mass is 10.1. The van der Waals surface area contributed by atoms with E-state index in [2.05, 4.69) is 15.4 Å². The highest BCUT2D eigenvalue weighted by atomic mass is 19.1. The van der Waals surface area contributed by atoms with Crippen LogP contribution in [0.3, 0.4) is 0 Å². The van der Waals surface area contributed by atoms with E-state index in [1.54, 1.807) is 41.5 Å². The molecule has 3 rings (SSSR count). The van der Waals surface area contributed by atoms with Crippen LogP contribution in [0.25, 0.3) is 0 Å². The summed E-state index contributed by atoms with van der Waals surface area (Å²) in [6.07, 6.45) is 5.95. The summed E-state index contributed by atoms with van der Waals surface area (Å²) < 4.78 is 20.3. The molecule has 0 saturated heterocycles. The fraction of sp³-hybridized carbons (Fsp3) is 0.211. The second-order valence-electron chi connectivity index (χ2n) is 5.78. The molecule has 7 heteroatoms. The van der Waals surface area contributed by atoms with Crippen molar-refractivity contribution in [1.82, 2.24) is 14.8 Å². The number of halogens is 1. The number of hydrogen-bond donors (Lipinski definition) is 1. The Morgan fingerprint density at radius 2 is 2.15 bits per heavy atom.